The molecular formula is C31H32N2O11S. The molecule has 4 atom stereocenters. The van der Waals surface area contributed by atoms with E-state index in [9.17, 15) is 33.3 Å². The van der Waals surface area contributed by atoms with E-state index >= 15 is 0 Å². The molecular weight excluding hydrogens is 608 g/mol. The summed E-state index contributed by atoms with van der Waals surface area (Å²) in [5, 5.41) is 31.8. The zero-order valence-electron chi connectivity index (χ0n) is 24.5. The first-order chi connectivity index (χ1) is 21.2. The first-order valence-corrected chi connectivity index (χ1v) is 15.3. The van der Waals surface area contributed by atoms with Crippen molar-refractivity contribution in [3.05, 3.63) is 82.7 Å². The van der Waals surface area contributed by atoms with Crippen LogP contribution in [0.3, 0.4) is 0 Å². The van der Waals surface area contributed by atoms with Gasteiger partial charge in [0.1, 0.15) is 17.4 Å². The Bertz CT molecular complexity index is 1910. The van der Waals surface area contributed by atoms with Crippen LogP contribution in [0.4, 0.5) is 10.5 Å². The van der Waals surface area contributed by atoms with E-state index in [2.05, 4.69) is 4.72 Å². The van der Waals surface area contributed by atoms with Crippen LogP contribution in [0.5, 0.6) is 11.5 Å². The topological polar surface area (TPSA) is 208 Å². The Labute approximate surface area is 257 Å². The fourth-order valence-corrected chi connectivity index (χ4v) is 6.43. The number of aromatic hydroxyl groups is 1. The number of aliphatic hydroxyl groups excluding tert-OH is 2. The third-order valence-corrected chi connectivity index (χ3v) is 9.10. The van der Waals surface area contributed by atoms with Gasteiger partial charge in [0, 0.05) is 5.56 Å². The minimum Gasteiger partial charge on any atom is -0.505 e. The SMILES string of the molecule is Cc1c(O[C@@H]2OC(C)(C)[C@H](CO)[C@@H](OC(N)=O)[C@H]2O)ccc2c(O)c(NS(=O)(=O)c3cccc(-c4ccccc4)c3)c(=O)oc12. The Kier molecular flexibility index (Phi) is 8.51. The number of nitrogens with one attached hydrogen (secondary N) is 1. The molecule has 0 unspecified atom stereocenters. The van der Waals surface area contributed by atoms with Crippen molar-refractivity contribution >= 4 is 32.8 Å². The number of sulfonamides is 1. The standard InChI is InChI=1S/C31H32N2O11S/c1-16-22(41-29-25(36)27(43-30(32)38)21(15-34)31(2,3)44-29)13-12-20-24(35)23(28(37)42-26(16)20)33-45(39,40)19-11-7-10-18(14-19)17-8-5-4-6-9-17/h4-14,21,25,27,29,33-36H,15H2,1-3H3,(H2,32,38)/t21-,25-,27-,29-/m1/s1. The molecule has 1 aromatic heterocycles. The quantitative estimate of drug-likeness (QED) is 0.177. The van der Waals surface area contributed by atoms with E-state index in [1.807, 2.05) is 30.3 Å². The van der Waals surface area contributed by atoms with Crippen LogP contribution in [0.1, 0.15) is 19.4 Å². The molecule has 6 N–H and O–H groups in total. The molecule has 1 saturated heterocycles. The van der Waals surface area contributed by atoms with Gasteiger partial charge in [0.05, 0.1) is 28.4 Å². The lowest BCUT2D eigenvalue weighted by molar-refractivity contribution is -0.290. The van der Waals surface area contributed by atoms with Gasteiger partial charge in [-0.15, -0.1) is 0 Å². The molecule has 45 heavy (non-hydrogen) atoms. The largest absolute Gasteiger partial charge is 0.505 e. The molecule has 4 aromatic rings. The summed E-state index contributed by atoms with van der Waals surface area (Å²) in [5.41, 5.74) is 3.69. The second kappa shape index (κ2) is 12.0. The van der Waals surface area contributed by atoms with Crippen LogP contribution in [0, 0.1) is 12.8 Å². The number of nitrogens with two attached hydrogens (primary N) is 1. The predicted octanol–water partition coefficient (Wildman–Crippen LogP) is 3.22. The van der Waals surface area contributed by atoms with E-state index in [4.69, 9.17) is 24.4 Å². The molecule has 5 rings (SSSR count). The smallest absolute Gasteiger partial charge is 0.404 e. The number of ether oxygens (including phenoxy) is 3. The van der Waals surface area contributed by atoms with Crippen LogP contribution in [0.2, 0.25) is 0 Å². The highest BCUT2D eigenvalue weighted by molar-refractivity contribution is 7.92. The number of hydrogen-bond donors (Lipinski definition) is 5. The number of aryl methyl sites for hydroxylation is 1. The van der Waals surface area contributed by atoms with E-state index < -0.39 is 69.8 Å². The van der Waals surface area contributed by atoms with Gasteiger partial charge in [-0.25, -0.2) is 18.0 Å². The summed E-state index contributed by atoms with van der Waals surface area (Å²) >= 11 is 0. The van der Waals surface area contributed by atoms with Crippen molar-refractivity contribution in [2.24, 2.45) is 11.7 Å². The molecule has 0 bridgehead atoms. The number of anilines is 1. The Morgan fingerprint density at radius 3 is 2.42 bits per heavy atom. The van der Waals surface area contributed by atoms with Gasteiger partial charge in [0.15, 0.2) is 17.5 Å². The number of aliphatic hydroxyl groups is 2. The second-order valence-electron chi connectivity index (χ2n) is 11.1. The Balaban J connectivity index is 1.45. The highest BCUT2D eigenvalue weighted by atomic mass is 32.2. The number of benzene rings is 3. The molecule has 1 aliphatic rings. The van der Waals surface area contributed by atoms with E-state index in [0.717, 1.165) is 5.56 Å². The molecule has 13 nitrogen and oxygen atoms in total. The zero-order chi connectivity index (χ0) is 32.7. The summed E-state index contributed by atoms with van der Waals surface area (Å²) in [7, 11) is -4.33. The first kappa shape index (κ1) is 31.8. The van der Waals surface area contributed by atoms with Crippen LogP contribution in [-0.2, 0) is 19.5 Å². The zero-order valence-corrected chi connectivity index (χ0v) is 25.3. The summed E-state index contributed by atoms with van der Waals surface area (Å²) in [6, 6.07) is 17.9. The van der Waals surface area contributed by atoms with Crippen molar-refractivity contribution in [3.63, 3.8) is 0 Å². The molecule has 0 radical (unpaired) electrons. The Morgan fingerprint density at radius 2 is 1.76 bits per heavy atom. The Hall–Kier alpha value is -4.63. The molecule has 238 valence electrons. The average molecular weight is 641 g/mol. The van der Waals surface area contributed by atoms with Crippen LogP contribution < -0.4 is 20.8 Å². The minimum absolute atomic E-state index is 0.00379. The lowest BCUT2D eigenvalue weighted by atomic mass is 9.81. The maximum absolute atomic E-state index is 13.3. The van der Waals surface area contributed by atoms with Gasteiger partial charge in [-0.05, 0) is 56.2 Å². The molecule has 1 fully saturated rings. The van der Waals surface area contributed by atoms with Gasteiger partial charge in [-0.1, -0.05) is 42.5 Å². The first-order valence-electron chi connectivity index (χ1n) is 13.8. The second-order valence-corrected chi connectivity index (χ2v) is 12.7. The van der Waals surface area contributed by atoms with Crippen LogP contribution in [-0.4, -0.2) is 60.5 Å². The maximum atomic E-state index is 13.3. The summed E-state index contributed by atoms with van der Waals surface area (Å²) in [5.74, 6) is -1.44. The summed E-state index contributed by atoms with van der Waals surface area (Å²) in [6.45, 7) is 4.24. The number of amides is 1. The third-order valence-electron chi connectivity index (χ3n) is 7.75. The monoisotopic (exact) mass is 640 g/mol. The third kappa shape index (κ3) is 6.17. The average Bonchev–Trinajstić information content (AvgIpc) is 2.99. The number of hydrogen-bond acceptors (Lipinski definition) is 11. The van der Waals surface area contributed by atoms with Crippen molar-refractivity contribution in [2.45, 2.75) is 49.8 Å². The van der Waals surface area contributed by atoms with E-state index in [1.165, 1.54) is 31.2 Å². The highest BCUT2D eigenvalue weighted by Crippen LogP contribution is 2.40. The van der Waals surface area contributed by atoms with Gasteiger partial charge in [-0.2, -0.15) is 0 Å². The molecule has 3 aromatic carbocycles. The summed E-state index contributed by atoms with van der Waals surface area (Å²) < 4.78 is 51.0. The molecule has 0 saturated carbocycles. The fraction of sp³-hybridized carbons (Fsp3) is 0.290. The van der Waals surface area contributed by atoms with E-state index in [-0.39, 0.29) is 27.2 Å². The fourth-order valence-electron chi connectivity index (χ4n) is 5.32. The van der Waals surface area contributed by atoms with Gasteiger partial charge in [0.2, 0.25) is 6.29 Å². The molecule has 0 spiro atoms. The van der Waals surface area contributed by atoms with Gasteiger partial charge in [0.25, 0.3) is 10.0 Å². The molecule has 1 aliphatic heterocycles. The molecule has 14 heteroatoms. The summed E-state index contributed by atoms with van der Waals surface area (Å²) in [6.07, 6.45) is -5.42. The predicted molar refractivity (Wildman–Crippen MR) is 162 cm³/mol. The number of fused-ring (bicyclic) bond motifs is 1. The number of carbonyl (C=O) groups is 1. The molecule has 1 amide bonds. The van der Waals surface area contributed by atoms with Crippen molar-refractivity contribution in [1.82, 2.24) is 0 Å². The van der Waals surface area contributed by atoms with Crippen LogP contribution >= 0.6 is 0 Å². The van der Waals surface area contributed by atoms with Crippen molar-refractivity contribution < 1.29 is 47.2 Å². The normalized spacial score (nSPS) is 21.3. The lowest BCUT2D eigenvalue weighted by Gasteiger charge is -2.47. The van der Waals surface area contributed by atoms with Crippen molar-refractivity contribution in [2.75, 3.05) is 11.3 Å². The molecule has 2 heterocycles. The molecule has 0 aliphatic carbocycles. The number of rotatable bonds is 8. The van der Waals surface area contributed by atoms with Gasteiger partial charge < -0.3 is 39.7 Å². The van der Waals surface area contributed by atoms with Crippen molar-refractivity contribution in [1.29, 1.82) is 0 Å². The van der Waals surface area contributed by atoms with Crippen molar-refractivity contribution in [3.8, 4) is 22.6 Å². The van der Waals surface area contributed by atoms with Crippen LogP contribution in [0.15, 0.2) is 80.8 Å². The van der Waals surface area contributed by atoms with Gasteiger partial charge >= 0.3 is 11.7 Å². The highest BCUT2D eigenvalue weighted by Gasteiger charge is 2.52. The Morgan fingerprint density at radius 1 is 1.07 bits per heavy atom. The van der Waals surface area contributed by atoms with Crippen LogP contribution in [0.25, 0.3) is 22.1 Å². The lowest BCUT2D eigenvalue weighted by Crippen LogP contribution is -2.62. The van der Waals surface area contributed by atoms with E-state index in [0.29, 0.717) is 5.56 Å². The summed E-state index contributed by atoms with van der Waals surface area (Å²) in [4.78, 5) is 24.4. The maximum Gasteiger partial charge on any atom is 0.404 e. The van der Waals surface area contributed by atoms with E-state index in [1.54, 1.807) is 26.0 Å². The number of carbonyl (C=O) groups excluding carboxylic acids is 1. The van der Waals surface area contributed by atoms with Gasteiger partial charge in [-0.3, -0.25) is 4.72 Å². The number of primary amides is 1. The minimum atomic E-state index is -4.33.